The number of hydrogen-bond acceptors (Lipinski definition) is 5. The maximum absolute atomic E-state index is 12.7. The molecule has 1 unspecified atom stereocenters. The molecule has 1 aromatic heterocycles. The lowest BCUT2D eigenvalue weighted by molar-refractivity contribution is 0.0172. The number of hydrogen-bond donors (Lipinski definition) is 1. The minimum absolute atomic E-state index is 0.268. The molecule has 2 heterocycles. The van der Waals surface area contributed by atoms with Crippen LogP contribution in [0.15, 0.2) is 12.4 Å². The maximum atomic E-state index is 12.7. The number of carbonyl (C=O) groups excluding carboxylic acids is 1. The first-order chi connectivity index (χ1) is 10.3. The van der Waals surface area contributed by atoms with Gasteiger partial charge in [-0.15, -0.1) is 0 Å². The van der Waals surface area contributed by atoms with Crippen LogP contribution in [0, 0.1) is 11.7 Å². The summed E-state index contributed by atoms with van der Waals surface area (Å²) >= 11 is 0. The standard InChI is InChI=1S/C15H23FN4O2/c1-15(2,3)22-14(21)20-6-4-5-11(10-20)7-17-13-18-8-12(16)9-19-13/h8-9,11H,4-7,10H2,1-3H3,(H,17,18,19). The number of nitrogens with zero attached hydrogens (tertiary/aromatic N) is 3. The fraction of sp³-hybridized carbons (Fsp3) is 0.667. The summed E-state index contributed by atoms with van der Waals surface area (Å²) < 4.78 is 18.1. The van der Waals surface area contributed by atoms with E-state index in [0.717, 1.165) is 31.8 Å². The number of nitrogens with one attached hydrogen (secondary N) is 1. The highest BCUT2D eigenvalue weighted by atomic mass is 19.1. The highest BCUT2D eigenvalue weighted by Crippen LogP contribution is 2.19. The summed E-state index contributed by atoms with van der Waals surface area (Å²) in [6.07, 6.45) is 3.95. The number of rotatable bonds is 3. The van der Waals surface area contributed by atoms with Gasteiger partial charge in [-0.25, -0.2) is 19.2 Å². The van der Waals surface area contributed by atoms with Gasteiger partial charge < -0.3 is 15.0 Å². The molecular weight excluding hydrogens is 287 g/mol. The van der Waals surface area contributed by atoms with Gasteiger partial charge in [0.2, 0.25) is 5.95 Å². The average Bonchev–Trinajstić information content (AvgIpc) is 2.45. The van der Waals surface area contributed by atoms with Crippen LogP contribution in [0.25, 0.3) is 0 Å². The van der Waals surface area contributed by atoms with Gasteiger partial charge in [0.05, 0.1) is 12.4 Å². The largest absolute Gasteiger partial charge is 0.444 e. The van der Waals surface area contributed by atoms with Gasteiger partial charge in [0.25, 0.3) is 0 Å². The Labute approximate surface area is 130 Å². The highest BCUT2D eigenvalue weighted by molar-refractivity contribution is 5.68. The van der Waals surface area contributed by atoms with E-state index in [0.29, 0.717) is 25.0 Å². The van der Waals surface area contributed by atoms with Crippen molar-refractivity contribution in [1.29, 1.82) is 0 Å². The third-order valence-corrected chi connectivity index (χ3v) is 3.34. The number of ether oxygens (including phenoxy) is 1. The van der Waals surface area contributed by atoms with E-state index < -0.39 is 11.4 Å². The molecule has 22 heavy (non-hydrogen) atoms. The van der Waals surface area contributed by atoms with E-state index in [-0.39, 0.29) is 6.09 Å². The molecule has 0 aromatic carbocycles. The molecule has 1 fully saturated rings. The first-order valence-corrected chi connectivity index (χ1v) is 7.53. The molecule has 1 N–H and O–H groups in total. The van der Waals surface area contributed by atoms with Crippen LogP contribution in [0.5, 0.6) is 0 Å². The third kappa shape index (κ3) is 5.13. The molecule has 2 rings (SSSR count). The molecule has 122 valence electrons. The second kappa shape index (κ2) is 6.89. The van der Waals surface area contributed by atoms with E-state index in [1.807, 2.05) is 20.8 Å². The Kier molecular flexibility index (Phi) is 5.15. The van der Waals surface area contributed by atoms with Crippen LogP contribution in [0.4, 0.5) is 15.1 Å². The summed E-state index contributed by atoms with van der Waals surface area (Å²) in [5.74, 6) is 0.241. The van der Waals surface area contributed by atoms with Gasteiger partial charge in [-0.3, -0.25) is 0 Å². The van der Waals surface area contributed by atoms with Crippen molar-refractivity contribution in [3.05, 3.63) is 18.2 Å². The van der Waals surface area contributed by atoms with E-state index in [2.05, 4.69) is 15.3 Å². The first kappa shape index (κ1) is 16.5. The number of halogens is 1. The number of amides is 1. The van der Waals surface area contributed by atoms with Crippen molar-refractivity contribution in [2.24, 2.45) is 5.92 Å². The number of anilines is 1. The molecule has 0 radical (unpaired) electrons. The lowest BCUT2D eigenvalue weighted by Crippen LogP contribution is -2.44. The van der Waals surface area contributed by atoms with E-state index in [1.54, 1.807) is 4.90 Å². The number of piperidine rings is 1. The fourth-order valence-electron chi connectivity index (χ4n) is 2.36. The van der Waals surface area contributed by atoms with Gasteiger partial charge >= 0.3 is 6.09 Å². The summed E-state index contributed by atoms with van der Waals surface area (Å²) in [7, 11) is 0. The van der Waals surface area contributed by atoms with E-state index in [4.69, 9.17) is 4.74 Å². The van der Waals surface area contributed by atoms with Crippen LogP contribution >= 0.6 is 0 Å². The summed E-state index contributed by atoms with van der Waals surface area (Å²) in [5, 5.41) is 3.08. The normalized spacial score (nSPS) is 18.9. The minimum Gasteiger partial charge on any atom is -0.444 e. The average molecular weight is 310 g/mol. The second-order valence-electron chi connectivity index (χ2n) is 6.54. The molecule has 1 aliphatic heterocycles. The minimum atomic E-state index is -0.482. The van der Waals surface area contributed by atoms with Crippen LogP contribution in [0.1, 0.15) is 33.6 Å². The highest BCUT2D eigenvalue weighted by Gasteiger charge is 2.27. The van der Waals surface area contributed by atoms with Gasteiger partial charge in [-0.2, -0.15) is 0 Å². The van der Waals surface area contributed by atoms with Crippen LogP contribution < -0.4 is 5.32 Å². The molecule has 0 bridgehead atoms. The number of aromatic nitrogens is 2. The zero-order valence-corrected chi connectivity index (χ0v) is 13.3. The van der Waals surface area contributed by atoms with Crippen molar-refractivity contribution in [3.8, 4) is 0 Å². The number of likely N-dealkylation sites (tertiary alicyclic amines) is 1. The Hall–Kier alpha value is -1.92. The van der Waals surface area contributed by atoms with Gasteiger partial charge in [0, 0.05) is 19.6 Å². The third-order valence-electron chi connectivity index (χ3n) is 3.34. The van der Waals surface area contributed by atoms with Crippen molar-refractivity contribution < 1.29 is 13.9 Å². The van der Waals surface area contributed by atoms with Crippen molar-refractivity contribution in [2.45, 2.75) is 39.2 Å². The van der Waals surface area contributed by atoms with Crippen LogP contribution in [-0.2, 0) is 4.74 Å². The Balaban J connectivity index is 1.82. The van der Waals surface area contributed by atoms with Crippen LogP contribution in [0.2, 0.25) is 0 Å². The Morgan fingerprint density at radius 1 is 1.45 bits per heavy atom. The Bertz CT molecular complexity index is 501. The topological polar surface area (TPSA) is 67.3 Å². The molecular formula is C15H23FN4O2. The predicted octanol–water partition coefficient (Wildman–Crippen LogP) is 2.67. The van der Waals surface area contributed by atoms with Gasteiger partial charge in [-0.1, -0.05) is 0 Å². The summed E-state index contributed by atoms with van der Waals surface area (Å²) in [6, 6.07) is 0. The van der Waals surface area contributed by atoms with Gasteiger partial charge in [-0.05, 0) is 39.5 Å². The van der Waals surface area contributed by atoms with Crippen LogP contribution in [-0.4, -0.2) is 46.2 Å². The fourth-order valence-corrected chi connectivity index (χ4v) is 2.36. The maximum Gasteiger partial charge on any atom is 0.410 e. The molecule has 6 nitrogen and oxygen atoms in total. The SMILES string of the molecule is CC(C)(C)OC(=O)N1CCCC(CNc2ncc(F)cn2)C1. The second-order valence-corrected chi connectivity index (χ2v) is 6.54. The predicted molar refractivity (Wildman–Crippen MR) is 81.0 cm³/mol. The zero-order chi connectivity index (χ0) is 16.2. The Morgan fingerprint density at radius 3 is 2.77 bits per heavy atom. The smallest absolute Gasteiger partial charge is 0.410 e. The Morgan fingerprint density at radius 2 is 2.14 bits per heavy atom. The molecule has 1 saturated heterocycles. The summed E-state index contributed by atoms with van der Waals surface area (Å²) in [5.41, 5.74) is -0.482. The zero-order valence-electron chi connectivity index (χ0n) is 13.3. The first-order valence-electron chi connectivity index (χ1n) is 7.53. The quantitative estimate of drug-likeness (QED) is 0.929. The van der Waals surface area contributed by atoms with Gasteiger partial charge in [0.1, 0.15) is 5.60 Å². The molecule has 1 amide bonds. The molecule has 1 aliphatic rings. The lowest BCUT2D eigenvalue weighted by atomic mass is 9.98. The van der Waals surface area contributed by atoms with Crippen molar-refractivity contribution >= 4 is 12.0 Å². The van der Waals surface area contributed by atoms with Crippen molar-refractivity contribution in [1.82, 2.24) is 14.9 Å². The van der Waals surface area contributed by atoms with Gasteiger partial charge in [0.15, 0.2) is 5.82 Å². The summed E-state index contributed by atoms with van der Waals surface area (Å²) in [4.78, 5) is 21.6. The van der Waals surface area contributed by atoms with Crippen molar-refractivity contribution in [3.63, 3.8) is 0 Å². The molecule has 0 spiro atoms. The lowest BCUT2D eigenvalue weighted by Gasteiger charge is -2.34. The monoisotopic (exact) mass is 310 g/mol. The molecule has 1 aromatic rings. The van der Waals surface area contributed by atoms with Crippen molar-refractivity contribution in [2.75, 3.05) is 25.0 Å². The van der Waals surface area contributed by atoms with E-state index >= 15 is 0 Å². The summed E-state index contributed by atoms with van der Waals surface area (Å²) in [6.45, 7) is 7.59. The molecule has 0 saturated carbocycles. The number of carbonyl (C=O) groups is 1. The molecule has 0 aliphatic carbocycles. The van der Waals surface area contributed by atoms with E-state index in [9.17, 15) is 9.18 Å². The molecule has 7 heteroatoms. The van der Waals surface area contributed by atoms with Crippen LogP contribution in [0.3, 0.4) is 0 Å². The molecule has 1 atom stereocenters. The van der Waals surface area contributed by atoms with E-state index in [1.165, 1.54) is 0 Å².